The first-order valence-corrected chi connectivity index (χ1v) is 8.04. The highest BCUT2D eigenvalue weighted by molar-refractivity contribution is 9.10. The first-order chi connectivity index (χ1) is 10.8. The smallest absolute Gasteiger partial charge is 0.305 e. The van der Waals surface area contributed by atoms with E-state index in [9.17, 15) is 9.59 Å². The summed E-state index contributed by atoms with van der Waals surface area (Å²) in [6.45, 7) is 2.20. The number of nitrogens with one attached hydrogen (secondary N) is 1. The second-order valence-corrected chi connectivity index (χ2v) is 6.44. The van der Waals surface area contributed by atoms with Crippen molar-refractivity contribution < 1.29 is 24.2 Å². The number of carbonyl (C=O) groups excluding carboxylic acids is 1. The normalized spacial score (nSPS) is 13.2. The highest BCUT2D eigenvalue weighted by Gasteiger charge is 2.29. The van der Waals surface area contributed by atoms with Gasteiger partial charge in [0.25, 0.3) is 0 Å². The number of halogens is 1. The van der Waals surface area contributed by atoms with Crippen LogP contribution in [0.25, 0.3) is 0 Å². The minimum atomic E-state index is -0.983. The Morgan fingerprint density at radius 3 is 2.74 bits per heavy atom. The molecule has 1 amide bonds. The molecule has 128 valence electrons. The number of rotatable bonds is 10. The molecular formula is C16H22BrNO5. The molecule has 0 spiro atoms. The molecule has 1 rings (SSSR count). The minimum absolute atomic E-state index is 0.138. The van der Waals surface area contributed by atoms with Gasteiger partial charge in [-0.3, -0.25) is 9.59 Å². The number of ether oxygens (including phenoxy) is 2. The Labute approximate surface area is 144 Å². The van der Waals surface area contributed by atoms with E-state index in [-0.39, 0.29) is 25.4 Å². The van der Waals surface area contributed by atoms with Crippen molar-refractivity contribution in [2.75, 3.05) is 20.3 Å². The number of carbonyl (C=O) groups is 2. The van der Waals surface area contributed by atoms with E-state index in [0.717, 1.165) is 10.2 Å². The first kappa shape index (κ1) is 19.4. The van der Waals surface area contributed by atoms with Crippen molar-refractivity contribution in [3.8, 4) is 5.75 Å². The molecule has 0 aromatic heterocycles. The highest BCUT2D eigenvalue weighted by Crippen LogP contribution is 2.18. The zero-order valence-corrected chi connectivity index (χ0v) is 14.9. The average molecular weight is 388 g/mol. The molecule has 0 fully saturated rings. The van der Waals surface area contributed by atoms with Gasteiger partial charge in [0.2, 0.25) is 5.91 Å². The molecule has 1 atom stereocenters. The number of benzene rings is 1. The van der Waals surface area contributed by atoms with Gasteiger partial charge in [-0.05, 0) is 31.5 Å². The Kier molecular flexibility index (Phi) is 8.05. The molecule has 1 unspecified atom stereocenters. The Hall–Kier alpha value is -1.60. The van der Waals surface area contributed by atoms with Gasteiger partial charge in [-0.25, -0.2) is 0 Å². The lowest BCUT2D eigenvalue weighted by Crippen LogP contribution is -2.50. The standard InChI is InChI=1S/C16H22BrNO5/c1-16(11-22-2,10-15(20)21)18-14(19)7-4-8-23-13-6-3-5-12(17)9-13/h3,5-6,9H,4,7-8,10-11H2,1-2H3,(H,18,19)(H,20,21). The summed E-state index contributed by atoms with van der Waals surface area (Å²) in [6.07, 6.45) is 0.600. The van der Waals surface area contributed by atoms with Crippen molar-refractivity contribution in [1.82, 2.24) is 5.32 Å². The van der Waals surface area contributed by atoms with Gasteiger partial charge < -0.3 is 19.9 Å². The number of aliphatic carboxylic acids is 1. The molecule has 0 saturated carbocycles. The molecule has 1 aromatic carbocycles. The van der Waals surface area contributed by atoms with E-state index in [1.54, 1.807) is 6.92 Å². The Morgan fingerprint density at radius 2 is 2.13 bits per heavy atom. The molecule has 7 heteroatoms. The van der Waals surface area contributed by atoms with E-state index in [4.69, 9.17) is 14.6 Å². The van der Waals surface area contributed by atoms with Gasteiger partial charge in [0.05, 0.1) is 25.2 Å². The van der Waals surface area contributed by atoms with Crippen LogP contribution in [0, 0.1) is 0 Å². The quantitative estimate of drug-likeness (QED) is 0.602. The van der Waals surface area contributed by atoms with Crippen LogP contribution in [-0.2, 0) is 14.3 Å². The van der Waals surface area contributed by atoms with E-state index < -0.39 is 11.5 Å². The molecule has 0 radical (unpaired) electrons. The average Bonchev–Trinajstić information content (AvgIpc) is 2.42. The molecule has 23 heavy (non-hydrogen) atoms. The van der Waals surface area contributed by atoms with E-state index in [2.05, 4.69) is 21.2 Å². The summed E-state index contributed by atoms with van der Waals surface area (Å²) >= 11 is 3.36. The summed E-state index contributed by atoms with van der Waals surface area (Å²) in [6, 6.07) is 7.46. The first-order valence-electron chi connectivity index (χ1n) is 7.25. The van der Waals surface area contributed by atoms with Crippen molar-refractivity contribution in [3.63, 3.8) is 0 Å². The lowest BCUT2D eigenvalue weighted by molar-refractivity contribution is -0.139. The third kappa shape index (κ3) is 7.99. The van der Waals surface area contributed by atoms with Gasteiger partial charge in [-0.15, -0.1) is 0 Å². The second kappa shape index (κ2) is 9.52. The molecule has 0 heterocycles. The summed E-state index contributed by atoms with van der Waals surface area (Å²) in [5.74, 6) is -0.471. The molecule has 0 aliphatic carbocycles. The zero-order chi connectivity index (χ0) is 17.3. The molecular weight excluding hydrogens is 366 g/mol. The monoisotopic (exact) mass is 387 g/mol. The maximum atomic E-state index is 12.0. The number of carboxylic acids is 1. The molecule has 0 aliphatic heterocycles. The van der Waals surface area contributed by atoms with Gasteiger partial charge in [-0.1, -0.05) is 22.0 Å². The van der Waals surface area contributed by atoms with Crippen LogP contribution in [0.2, 0.25) is 0 Å². The molecule has 2 N–H and O–H groups in total. The summed E-state index contributed by atoms with van der Waals surface area (Å²) in [4.78, 5) is 22.8. The molecule has 0 saturated heterocycles. The fourth-order valence-corrected chi connectivity index (χ4v) is 2.54. The lowest BCUT2D eigenvalue weighted by atomic mass is 9.98. The van der Waals surface area contributed by atoms with Gasteiger partial charge in [0.1, 0.15) is 5.75 Å². The minimum Gasteiger partial charge on any atom is -0.494 e. The number of amides is 1. The van der Waals surface area contributed by atoms with E-state index in [1.165, 1.54) is 7.11 Å². The van der Waals surface area contributed by atoms with Gasteiger partial charge >= 0.3 is 5.97 Å². The van der Waals surface area contributed by atoms with Crippen molar-refractivity contribution in [2.45, 2.75) is 31.7 Å². The predicted molar refractivity (Wildman–Crippen MR) is 89.5 cm³/mol. The Morgan fingerprint density at radius 1 is 1.39 bits per heavy atom. The van der Waals surface area contributed by atoms with Gasteiger partial charge in [0, 0.05) is 18.0 Å². The largest absolute Gasteiger partial charge is 0.494 e. The summed E-state index contributed by atoms with van der Waals surface area (Å²) < 4.78 is 11.5. The second-order valence-electron chi connectivity index (χ2n) is 5.52. The van der Waals surface area contributed by atoms with Crippen LogP contribution in [0.4, 0.5) is 0 Å². The van der Waals surface area contributed by atoms with Crippen LogP contribution in [0.1, 0.15) is 26.2 Å². The van der Waals surface area contributed by atoms with Crippen LogP contribution in [0.3, 0.4) is 0 Å². The van der Waals surface area contributed by atoms with Crippen molar-refractivity contribution in [1.29, 1.82) is 0 Å². The van der Waals surface area contributed by atoms with E-state index >= 15 is 0 Å². The SMILES string of the molecule is COCC(C)(CC(=O)O)NC(=O)CCCOc1cccc(Br)c1. The lowest BCUT2D eigenvalue weighted by Gasteiger charge is -2.28. The fourth-order valence-electron chi connectivity index (χ4n) is 2.16. The third-order valence-electron chi connectivity index (χ3n) is 3.06. The zero-order valence-electron chi connectivity index (χ0n) is 13.3. The van der Waals surface area contributed by atoms with Crippen molar-refractivity contribution >= 4 is 27.8 Å². The van der Waals surface area contributed by atoms with Crippen LogP contribution >= 0.6 is 15.9 Å². The van der Waals surface area contributed by atoms with E-state index in [1.807, 2.05) is 24.3 Å². The number of methoxy groups -OCH3 is 1. The highest BCUT2D eigenvalue weighted by atomic mass is 79.9. The van der Waals surface area contributed by atoms with Gasteiger partial charge in [-0.2, -0.15) is 0 Å². The molecule has 1 aromatic rings. The van der Waals surface area contributed by atoms with Gasteiger partial charge in [0.15, 0.2) is 0 Å². The maximum absolute atomic E-state index is 12.0. The van der Waals surface area contributed by atoms with Crippen molar-refractivity contribution in [3.05, 3.63) is 28.7 Å². The van der Waals surface area contributed by atoms with Crippen LogP contribution < -0.4 is 10.1 Å². The summed E-state index contributed by atoms with van der Waals surface area (Å²) in [5.41, 5.74) is -0.914. The molecule has 0 aliphatic rings. The third-order valence-corrected chi connectivity index (χ3v) is 3.55. The molecule has 0 bridgehead atoms. The Bertz CT molecular complexity index is 537. The summed E-state index contributed by atoms with van der Waals surface area (Å²) in [7, 11) is 1.47. The van der Waals surface area contributed by atoms with Crippen LogP contribution in [0.5, 0.6) is 5.75 Å². The Balaban J connectivity index is 2.36. The number of carboxylic acid groups (broad SMARTS) is 1. The van der Waals surface area contributed by atoms with Crippen LogP contribution in [-0.4, -0.2) is 42.8 Å². The van der Waals surface area contributed by atoms with E-state index in [0.29, 0.717) is 13.0 Å². The predicted octanol–water partition coefficient (Wildman–Crippen LogP) is 2.60. The van der Waals surface area contributed by atoms with Crippen LogP contribution in [0.15, 0.2) is 28.7 Å². The summed E-state index contributed by atoms with van der Waals surface area (Å²) in [5, 5.41) is 11.6. The van der Waals surface area contributed by atoms with Crippen molar-refractivity contribution in [2.24, 2.45) is 0 Å². The number of hydrogen-bond acceptors (Lipinski definition) is 4. The topological polar surface area (TPSA) is 84.9 Å². The maximum Gasteiger partial charge on any atom is 0.305 e. The number of hydrogen-bond donors (Lipinski definition) is 2. The fraction of sp³-hybridized carbons (Fsp3) is 0.500. The molecule has 6 nitrogen and oxygen atoms in total.